The van der Waals surface area contributed by atoms with E-state index in [1.54, 1.807) is 0 Å². The van der Waals surface area contributed by atoms with Crippen molar-refractivity contribution < 1.29 is 9.84 Å². The Morgan fingerprint density at radius 2 is 0.900 bits per heavy atom. The molecule has 0 saturated carbocycles. The van der Waals surface area contributed by atoms with Crippen molar-refractivity contribution in [3.8, 4) is 33.8 Å². The lowest BCUT2D eigenvalue weighted by molar-refractivity contribution is 0.100. The molecule has 0 aliphatic carbocycles. The van der Waals surface area contributed by atoms with Gasteiger partial charge < -0.3 is 9.84 Å². The quantitative estimate of drug-likeness (QED) is 0.117. The van der Waals surface area contributed by atoms with Crippen molar-refractivity contribution in [1.29, 1.82) is 0 Å². The first kappa shape index (κ1) is 39.7. The van der Waals surface area contributed by atoms with Gasteiger partial charge in [-0.05, 0) is 102 Å². The minimum Gasteiger partial charge on any atom is -0.507 e. The number of benzene rings is 8. The maximum atomic E-state index is 12.7. The summed E-state index contributed by atoms with van der Waals surface area (Å²) < 4.78 is 7.52. The first-order chi connectivity index (χ1) is 29.7. The van der Waals surface area contributed by atoms with Crippen molar-refractivity contribution in [1.82, 2.24) is 0 Å². The zero-order valence-electron chi connectivity index (χ0n) is 34.1. The maximum absolute atomic E-state index is 12.7. The van der Waals surface area contributed by atoms with Crippen LogP contribution in [-0.4, -0.2) is 11.2 Å². The van der Waals surface area contributed by atoms with Gasteiger partial charge in [0.05, 0.1) is 0 Å². The Morgan fingerprint density at radius 1 is 0.483 bits per heavy atom. The standard InChI is InChI=1S/C56H50O2P2/c1-2-21-44-40-45-35-38-51(42-24-11-4-12-25-42)56(60(48-30-17-7-18-31-48)49-32-19-8-20-33-49)54(45)58-52(44)39-36-43-34-37-50(41-22-9-3-10-23-41)55(53(43)57)59(46-26-13-5-14-27-46)47-28-15-6-16-29-47/h3-20,22-35,37-38,44,52,57H,2,21,36,39-40H2,1H3/t44-,52?/m1/s1. The van der Waals surface area contributed by atoms with Gasteiger partial charge in [0.25, 0.3) is 0 Å². The summed E-state index contributed by atoms with van der Waals surface area (Å²) in [5, 5.41) is 20.0. The van der Waals surface area contributed by atoms with Gasteiger partial charge >= 0.3 is 0 Å². The molecule has 1 aliphatic heterocycles. The zero-order valence-corrected chi connectivity index (χ0v) is 35.9. The van der Waals surface area contributed by atoms with E-state index in [0.29, 0.717) is 18.1 Å². The van der Waals surface area contributed by atoms with Crippen LogP contribution in [0.2, 0.25) is 0 Å². The smallest absolute Gasteiger partial charge is 0.131 e. The molecule has 9 rings (SSSR count). The highest BCUT2D eigenvalue weighted by atomic mass is 31.1. The second-order valence-corrected chi connectivity index (χ2v) is 19.9. The van der Waals surface area contributed by atoms with E-state index in [0.717, 1.165) is 53.4 Å². The van der Waals surface area contributed by atoms with Crippen molar-refractivity contribution in [2.45, 2.75) is 45.1 Å². The van der Waals surface area contributed by atoms with E-state index in [1.165, 1.54) is 43.2 Å². The maximum Gasteiger partial charge on any atom is 0.131 e. The van der Waals surface area contributed by atoms with Gasteiger partial charge in [0.1, 0.15) is 17.6 Å². The Morgan fingerprint density at radius 3 is 1.37 bits per heavy atom. The molecule has 0 spiro atoms. The van der Waals surface area contributed by atoms with Gasteiger partial charge in [0.15, 0.2) is 0 Å². The predicted molar refractivity (Wildman–Crippen MR) is 258 cm³/mol. The average molecular weight is 817 g/mol. The third-order valence-electron chi connectivity index (χ3n) is 11.8. The Kier molecular flexibility index (Phi) is 12.3. The molecule has 0 saturated heterocycles. The normalized spacial score (nSPS) is 14.8. The molecule has 1 N–H and O–H groups in total. The van der Waals surface area contributed by atoms with Gasteiger partial charge in [-0.3, -0.25) is 0 Å². The molecule has 1 aliphatic rings. The second kappa shape index (κ2) is 18.6. The number of ether oxygens (including phenoxy) is 1. The van der Waals surface area contributed by atoms with E-state index < -0.39 is 15.8 Å². The molecule has 60 heavy (non-hydrogen) atoms. The fourth-order valence-electron chi connectivity index (χ4n) is 8.91. The topological polar surface area (TPSA) is 29.5 Å². The fourth-order valence-corrected chi connectivity index (χ4v) is 14.1. The van der Waals surface area contributed by atoms with Crippen molar-refractivity contribution in [2.75, 3.05) is 0 Å². The Hall–Kier alpha value is -5.78. The Labute approximate surface area is 358 Å². The molecule has 0 radical (unpaired) electrons. The van der Waals surface area contributed by atoms with Crippen LogP contribution in [0, 0.1) is 5.92 Å². The number of phenolic OH excluding ortho intramolecular Hbond substituents is 1. The number of fused-ring (bicyclic) bond motifs is 1. The summed E-state index contributed by atoms with van der Waals surface area (Å²) in [5.74, 6) is 1.82. The molecule has 4 heteroatoms. The van der Waals surface area contributed by atoms with Crippen LogP contribution in [0.5, 0.6) is 11.5 Å². The Balaban J connectivity index is 1.15. The highest BCUT2D eigenvalue weighted by Gasteiger charge is 2.35. The molecule has 8 aromatic rings. The minimum atomic E-state index is -1.06. The van der Waals surface area contributed by atoms with Crippen molar-refractivity contribution in [3.63, 3.8) is 0 Å². The van der Waals surface area contributed by atoms with Crippen LogP contribution in [-0.2, 0) is 12.8 Å². The number of rotatable bonds is 13. The molecule has 0 aromatic heterocycles. The highest BCUT2D eigenvalue weighted by Crippen LogP contribution is 2.47. The molecule has 2 atom stereocenters. The SMILES string of the molecule is CCC[C@@H]1Cc2ccc(-c3ccccc3)c(P(c3ccccc3)c3ccccc3)c2OC1CCc1ccc(-c2ccccc2)c(P(c2ccccc2)c2ccccc2)c1O. The lowest BCUT2D eigenvalue weighted by Crippen LogP contribution is -2.37. The van der Waals surface area contributed by atoms with Crippen molar-refractivity contribution in [2.24, 2.45) is 5.92 Å². The third-order valence-corrected chi connectivity index (χ3v) is 16.8. The molecule has 296 valence electrons. The van der Waals surface area contributed by atoms with Crippen LogP contribution in [0.3, 0.4) is 0 Å². The summed E-state index contributed by atoms with van der Waals surface area (Å²) in [6.45, 7) is 2.29. The lowest BCUT2D eigenvalue weighted by Gasteiger charge is -2.37. The van der Waals surface area contributed by atoms with E-state index in [-0.39, 0.29) is 6.10 Å². The largest absolute Gasteiger partial charge is 0.507 e. The number of aryl methyl sites for hydroxylation is 1. The summed E-state index contributed by atoms with van der Waals surface area (Å²) in [6.07, 6.45) is 4.66. The highest BCUT2D eigenvalue weighted by molar-refractivity contribution is 7.80. The van der Waals surface area contributed by atoms with Crippen LogP contribution in [0.25, 0.3) is 22.3 Å². The Bertz CT molecular complexity index is 2540. The molecular formula is C56H50O2P2. The molecule has 1 unspecified atom stereocenters. The van der Waals surface area contributed by atoms with Crippen LogP contribution >= 0.6 is 15.8 Å². The first-order valence-electron chi connectivity index (χ1n) is 21.3. The minimum absolute atomic E-state index is 0.00738. The molecule has 0 bridgehead atoms. The van der Waals surface area contributed by atoms with Gasteiger partial charge in [-0.1, -0.05) is 220 Å². The molecule has 8 aromatic carbocycles. The monoisotopic (exact) mass is 816 g/mol. The van der Waals surface area contributed by atoms with E-state index in [4.69, 9.17) is 4.74 Å². The van der Waals surface area contributed by atoms with Crippen molar-refractivity contribution >= 4 is 47.7 Å². The van der Waals surface area contributed by atoms with Crippen LogP contribution in [0.1, 0.15) is 37.3 Å². The summed E-state index contributed by atoms with van der Waals surface area (Å²) >= 11 is 0. The second-order valence-electron chi connectivity index (χ2n) is 15.6. The fraction of sp³-hybridized carbons (Fsp3) is 0.143. The summed E-state index contributed by atoms with van der Waals surface area (Å²) in [6, 6.07) is 73.9. The summed E-state index contributed by atoms with van der Waals surface area (Å²) in [5.41, 5.74) is 6.90. The first-order valence-corrected chi connectivity index (χ1v) is 23.9. The van der Waals surface area contributed by atoms with Crippen LogP contribution < -0.4 is 36.6 Å². The van der Waals surface area contributed by atoms with Gasteiger partial charge in [0.2, 0.25) is 0 Å². The number of aromatic hydroxyl groups is 1. The van der Waals surface area contributed by atoms with Gasteiger partial charge in [0, 0.05) is 10.6 Å². The number of phenols is 1. The van der Waals surface area contributed by atoms with Gasteiger partial charge in [-0.25, -0.2) is 0 Å². The molecule has 0 amide bonds. The average Bonchev–Trinajstić information content (AvgIpc) is 3.31. The predicted octanol–water partition coefficient (Wildman–Crippen LogP) is 11.6. The number of hydrogen-bond acceptors (Lipinski definition) is 2. The summed E-state index contributed by atoms with van der Waals surface area (Å²) in [7, 11) is -2.01. The zero-order chi connectivity index (χ0) is 40.7. The third kappa shape index (κ3) is 8.33. The summed E-state index contributed by atoms with van der Waals surface area (Å²) in [4.78, 5) is 0. The van der Waals surface area contributed by atoms with Crippen LogP contribution in [0.4, 0.5) is 0 Å². The van der Waals surface area contributed by atoms with E-state index >= 15 is 0 Å². The van der Waals surface area contributed by atoms with Gasteiger partial charge in [-0.2, -0.15) is 0 Å². The number of hydrogen-bond donors (Lipinski definition) is 1. The van der Waals surface area contributed by atoms with Crippen molar-refractivity contribution in [3.05, 3.63) is 217 Å². The van der Waals surface area contributed by atoms with E-state index in [1.807, 2.05) is 0 Å². The van der Waals surface area contributed by atoms with Gasteiger partial charge in [-0.15, -0.1) is 0 Å². The van der Waals surface area contributed by atoms with E-state index in [2.05, 4.69) is 213 Å². The van der Waals surface area contributed by atoms with Crippen LogP contribution in [0.15, 0.2) is 206 Å². The molecule has 2 nitrogen and oxygen atoms in total. The van der Waals surface area contributed by atoms with E-state index in [9.17, 15) is 5.11 Å². The molecule has 0 fully saturated rings. The molecule has 1 heterocycles. The lowest BCUT2D eigenvalue weighted by atomic mass is 9.84. The molecular weight excluding hydrogens is 767 g/mol.